The molecule has 106 valence electrons. The third-order valence-electron chi connectivity index (χ3n) is 2.77. The van der Waals surface area contributed by atoms with Gasteiger partial charge < -0.3 is 15.7 Å². The van der Waals surface area contributed by atoms with Gasteiger partial charge in [-0.2, -0.15) is 0 Å². The summed E-state index contributed by atoms with van der Waals surface area (Å²) in [6.45, 7) is 1.35. The van der Waals surface area contributed by atoms with E-state index in [-0.39, 0.29) is 19.6 Å². The first-order valence-electron chi connectivity index (χ1n) is 6.03. The molecule has 0 aromatic carbocycles. The molecule has 0 radical (unpaired) electrons. The van der Waals surface area contributed by atoms with Gasteiger partial charge in [0, 0.05) is 6.54 Å². The number of aliphatic carboxylic acids is 1. The van der Waals surface area contributed by atoms with E-state index in [0.717, 1.165) is 4.90 Å². The molecule has 0 spiro atoms. The zero-order valence-corrected chi connectivity index (χ0v) is 10.6. The fourth-order valence-corrected chi connectivity index (χ4v) is 1.71. The number of carboxylic acid groups (broad SMARTS) is 1. The van der Waals surface area contributed by atoms with Gasteiger partial charge in [-0.15, -0.1) is 0 Å². The highest BCUT2D eigenvalue weighted by Crippen LogP contribution is 2.05. The summed E-state index contributed by atoms with van der Waals surface area (Å²) >= 11 is 0. The number of hydrogen-bond acceptors (Lipinski definition) is 4. The predicted octanol–water partition coefficient (Wildman–Crippen LogP) is -0.845. The fraction of sp³-hybridized carbons (Fsp3) is 0.636. The lowest BCUT2D eigenvalue weighted by molar-refractivity contribution is -0.142. The van der Waals surface area contributed by atoms with Gasteiger partial charge in [-0.1, -0.05) is 13.3 Å². The van der Waals surface area contributed by atoms with Crippen LogP contribution in [0.4, 0.5) is 4.79 Å². The Hall–Kier alpha value is -2.12. The van der Waals surface area contributed by atoms with Crippen LogP contribution in [0.5, 0.6) is 0 Å². The van der Waals surface area contributed by atoms with Gasteiger partial charge in [0.05, 0.1) is 12.5 Å². The molecule has 1 aliphatic heterocycles. The number of carbonyl (C=O) groups excluding carboxylic acids is 3. The van der Waals surface area contributed by atoms with Gasteiger partial charge in [-0.3, -0.25) is 19.3 Å². The molecule has 1 saturated heterocycles. The van der Waals surface area contributed by atoms with Crippen molar-refractivity contribution >= 4 is 23.8 Å². The minimum absolute atomic E-state index is 0.00828. The highest BCUT2D eigenvalue weighted by molar-refractivity contribution is 6.04. The molecule has 1 unspecified atom stereocenters. The van der Waals surface area contributed by atoms with E-state index in [4.69, 9.17) is 5.11 Å². The SMILES string of the molecule is CCCC(CNC(=O)CN1C(=O)CNC1=O)C(=O)O. The van der Waals surface area contributed by atoms with Crippen molar-refractivity contribution in [1.29, 1.82) is 0 Å². The molecule has 1 rings (SSSR count). The predicted molar refractivity (Wildman–Crippen MR) is 64.2 cm³/mol. The minimum atomic E-state index is -0.975. The van der Waals surface area contributed by atoms with E-state index in [9.17, 15) is 19.2 Å². The Balaban J connectivity index is 2.40. The molecule has 1 atom stereocenters. The van der Waals surface area contributed by atoms with Gasteiger partial charge >= 0.3 is 12.0 Å². The smallest absolute Gasteiger partial charge is 0.325 e. The second-order valence-electron chi connectivity index (χ2n) is 4.27. The third-order valence-corrected chi connectivity index (χ3v) is 2.77. The van der Waals surface area contributed by atoms with Gasteiger partial charge in [0.15, 0.2) is 0 Å². The third kappa shape index (κ3) is 4.23. The molecule has 4 amide bonds. The molecule has 8 nitrogen and oxygen atoms in total. The monoisotopic (exact) mass is 271 g/mol. The molecule has 0 aromatic rings. The molecule has 0 saturated carbocycles. The van der Waals surface area contributed by atoms with E-state index in [2.05, 4.69) is 10.6 Å². The lowest BCUT2D eigenvalue weighted by atomic mass is 10.0. The first-order chi connectivity index (χ1) is 8.95. The van der Waals surface area contributed by atoms with Crippen molar-refractivity contribution in [1.82, 2.24) is 15.5 Å². The van der Waals surface area contributed by atoms with E-state index in [1.807, 2.05) is 6.92 Å². The van der Waals surface area contributed by atoms with Crippen molar-refractivity contribution in [2.45, 2.75) is 19.8 Å². The van der Waals surface area contributed by atoms with Crippen LogP contribution in [0.2, 0.25) is 0 Å². The van der Waals surface area contributed by atoms with Crippen LogP contribution in [0.1, 0.15) is 19.8 Å². The highest BCUT2D eigenvalue weighted by atomic mass is 16.4. The van der Waals surface area contributed by atoms with E-state index < -0.39 is 29.7 Å². The average molecular weight is 271 g/mol. The highest BCUT2D eigenvalue weighted by Gasteiger charge is 2.30. The van der Waals surface area contributed by atoms with E-state index in [1.165, 1.54) is 0 Å². The maximum atomic E-state index is 11.5. The first-order valence-corrected chi connectivity index (χ1v) is 6.03. The summed E-state index contributed by atoms with van der Waals surface area (Å²) in [5.74, 6) is -2.65. The van der Waals surface area contributed by atoms with Crippen LogP contribution in [0.15, 0.2) is 0 Å². The number of nitrogens with one attached hydrogen (secondary N) is 2. The Labute approximate surface area is 110 Å². The van der Waals surface area contributed by atoms with Crippen LogP contribution in [0.25, 0.3) is 0 Å². The first kappa shape index (κ1) is 14.9. The number of amides is 4. The van der Waals surface area contributed by atoms with E-state index in [1.54, 1.807) is 0 Å². The van der Waals surface area contributed by atoms with E-state index in [0.29, 0.717) is 12.8 Å². The van der Waals surface area contributed by atoms with Gasteiger partial charge in [-0.25, -0.2) is 4.79 Å². The Bertz CT molecular complexity index is 380. The molecule has 8 heteroatoms. The fourth-order valence-electron chi connectivity index (χ4n) is 1.71. The Morgan fingerprint density at radius 3 is 2.63 bits per heavy atom. The van der Waals surface area contributed by atoms with Crippen molar-refractivity contribution in [3.05, 3.63) is 0 Å². The molecule has 1 aliphatic rings. The van der Waals surface area contributed by atoms with Crippen molar-refractivity contribution < 1.29 is 24.3 Å². The summed E-state index contributed by atoms with van der Waals surface area (Å²) in [6, 6.07) is -0.608. The van der Waals surface area contributed by atoms with Crippen molar-refractivity contribution in [3.8, 4) is 0 Å². The molecular formula is C11H17N3O5. The standard InChI is InChI=1S/C11H17N3O5/c1-2-3-7(10(17)18)4-12-8(15)6-14-9(16)5-13-11(14)19/h7H,2-6H2,1H3,(H,12,15)(H,13,19)(H,17,18). The van der Waals surface area contributed by atoms with Gasteiger partial charge in [-0.05, 0) is 6.42 Å². The van der Waals surface area contributed by atoms with Crippen LogP contribution in [-0.2, 0) is 14.4 Å². The number of nitrogens with zero attached hydrogens (tertiary/aromatic N) is 1. The molecule has 1 heterocycles. The van der Waals surface area contributed by atoms with Crippen LogP contribution in [-0.4, -0.2) is 53.5 Å². The lowest BCUT2D eigenvalue weighted by Crippen LogP contribution is -2.42. The van der Waals surface area contributed by atoms with Crippen molar-refractivity contribution in [3.63, 3.8) is 0 Å². The van der Waals surface area contributed by atoms with Gasteiger partial charge in [0.1, 0.15) is 6.54 Å². The molecule has 0 aromatic heterocycles. The molecular weight excluding hydrogens is 254 g/mol. The van der Waals surface area contributed by atoms with E-state index >= 15 is 0 Å². The topological polar surface area (TPSA) is 116 Å². The van der Waals surface area contributed by atoms with Gasteiger partial charge in [0.25, 0.3) is 5.91 Å². The van der Waals surface area contributed by atoms with Crippen LogP contribution < -0.4 is 10.6 Å². The summed E-state index contributed by atoms with van der Waals surface area (Å²) in [6.07, 6.45) is 1.15. The molecule has 19 heavy (non-hydrogen) atoms. The Morgan fingerprint density at radius 2 is 2.16 bits per heavy atom. The zero-order valence-electron chi connectivity index (χ0n) is 10.6. The summed E-state index contributed by atoms with van der Waals surface area (Å²) in [5, 5.41) is 13.6. The number of hydrogen-bond donors (Lipinski definition) is 3. The summed E-state index contributed by atoms with van der Waals surface area (Å²) in [5.41, 5.74) is 0. The number of rotatable bonds is 7. The van der Waals surface area contributed by atoms with Crippen LogP contribution >= 0.6 is 0 Å². The second kappa shape index (κ2) is 6.72. The van der Waals surface area contributed by atoms with Crippen LogP contribution in [0, 0.1) is 5.92 Å². The average Bonchev–Trinajstić information content (AvgIpc) is 2.66. The molecule has 3 N–H and O–H groups in total. The Kier molecular flexibility index (Phi) is 5.28. The van der Waals surface area contributed by atoms with Gasteiger partial charge in [0.2, 0.25) is 5.91 Å². The largest absolute Gasteiger partial charge is 0.481 e. The summed E-state index contributed by atoms with van der Waals surface area (Å²) in [7, 11) is 0. The zero-order chi connectivity index (χ0) is 14.4. The molecule has 1 fully saturated rings. The number of carbonyl (C=O) groups is 4. The van der Waals surface area contributed by atoms with Crippen molar-refractivity contribution in [2.75, 3.05) is 19.6 Å². The van der Waals surface area contributed by atoms with Crippen molar-refractivity contribution in [2.24, 2.45) is 5.92 Å². The molecule has 0 bridgehead atoms. The molecule has 0 aliphatic carbocycles. The van der Waals surface area contributed by atoms with Crippen LogP contribution in [0.3, 0.4) is 0 Å². The Morgan fingerprint density at radius 1 is 1.47 bits per heavy atom. The number of imide groups is 1. The lowest BCUT2D eigenvalue weighted by Gasteiger charge is -2.15. The summed E-state index contributed by atoms with van der Waals surface area (Å²) in [4.78, 5) is 45.6. The summed E-state index contributed by atoms with van der Waals surface area (Å²) < 4.78 is 0. The second-order valence-corrected chi connectivity index (χ2v) is 4.27. The maximum absolute atomic E-state index is 11.5. The number of urea groups is 1. The number of carboxylic acids is 1. The quantitative estimate of drug-likeness (QED) is 0.522. The maximum Gasteiger partial charge on any atom is 0.325 e. The minimum Gasteiger partial charge on any atom is -0.481 e. The normalized spacial score (nSPS) is 16.2.